The van der Waals surface area contributed by atoms with Crippen LogP contribution in [0.2, 0.25) is 0 Å². The van der Waals surface area contributed by atoms with Gasteiger partial charge in [-0.25, -0.2) is 0 Å². The Morgan fingerprint density at radius 1 is 1.50 bits per heavy atom. The van der Waals surface area contributed by atoms with Gasteiger partial charge in [-0.1, -0.05) is 25.1 Å². The number of nitrogens with zero attached hydrogens (tertiary/aromatic N) is 2. The number of hydrogen-bond donors (Lipinski definition) is 1. The Kier molecular flexibility index (Phi) is 2.25. The summed E-state index contributed by atoms with van der Waals surface area (Å²) < 4.78 is 1.86. The molecule has 1 atom stereocenters. The molecule has 1 heterocycles. The number of rotatable bonds is 2. The molecule has 0 aliphatic rings. The van der Waals surface area contributed by atoms with Crippen LogP contribution >= 0.6 is 0 Å². The maximum atomic E-state index is 9.15. The minimum atomic E-state index is 0.161. The summed E-state index contributed by atoms with van der Waals surface area (Å²) in [5.41, 5.74) is 2.28. The zero-order valence-electron chi connectivity index (χ0n) is 8.44. The molecule has 0 bridgehead atoms. The van der Waals surface area contributed by atoms with Crippen molar-refractivity contribution >= 4 is 10.9 Å². The first-order valence-corrected chi connectivity index (χ1v) is 4.75. The lowest BCUT2D eigenvalue weighted by Crippen LogP contribution is -2.02. The van der Waals surface area contributed by atoms with E-state index in [9.17, 15) is 0 Å². The second kappa shape index (κ2) is 3.42. The Hall–Kier alpha value is -1.35. The molecular formula is C11H14N2O. The topological polar surface area (TPSA) is 38.1 Å². The van der Waals surface area contributed by atoms with Crippen molar-refractivity contribution in [2.24, 2.45) is 7.05 Å². The Morgan fingerprint density at radius 3 is 3.00 bits per heavy atom. The molecule has 74 valence electrons. The number of para-hydroxylation sites is 1. The van der Waals surface area contributed by atoms with Gasteiger partial charge in [0.2, 0.25) is 0 Å². The Labute approximate surface area is 83.0 Å². The molecule has 1 aromatic heterocycles. The predicted octanol–water partition coefficient (Wildman–Crippen LogP) is 1.67. The lowest BCUT2D eigenvalue weighted by molar-refractivity contribution is 0.273. The Balaban J connectivity index is 2.69. The number of aliphatic hydroxyl groups excluding tert-OH is 1. The van der Waals surface area contributed by atoms with Crippen LogP contribution in [0.4, 0.5) is 0 Å². The molecule has 0 radical (unpaired) electrons. The lowest BCUT2D eigenvalue weighted by Gasteiger charge is -2.10. The van der Waals surface area contributed by atoms with Gasteiger partial charge in [-0.2, -0.15) is 5.10 Å². The molecule has 0 fully saturated rings. The minimum Gasteiger partial charge on any atom is -0.396 e. The normalized spacial score (nSPS) is 13.4. The van der Waals surface area contributed by atoms with Crippen LogP contribution in [0.1, 0.15) is 18.4 Å². The highest BCUT2D eigenvalue weighted by molar-refractivity contribution is 5.82. The highest BCUT2D eigenvalue weighted by Gasteiger charge is 2.10. The number of aromatic nitrogens is 2. The predicted molar refractivity (Wildman–Crippen MR) is 56.2 cm³/mol. The molecule has 0 amide bonds. The summed E-state index contributed by atoms with van der Waals surface area (Å²) in [6.45, 7) is 2.19. The second-order valence-electron chi connectivity index (χ2n) is 3.64. The molecule has 2 aromatic rings. The van der Waals surface area contributed by atoms with Crippen LogP contribution in [-0.4, -0.2) is 21.5 Å². The molecule has 0 spiro atoms. The average Bonchev–Trinajstić information content (AvgIpc) is 2.59. The summed E-state index contributed by atoms with van der Waals surface area (Å²) >= 11 is 0. The van der Waals surface area contributed by atoms with Gasteiger partial charge in [0, 0.05) is 25.0 Å². The van der Waals surface area contributed by atoms with E-state index in [0.29, 0.717) is 0 Å². The van der Waals surface area contributed by atoms with Crippen LogP contribution in [-0.2, 0) is 7.05 Å². The van der Waals surface area contributed by atoms with E-state index < -0.39 is 0 Å². The fourth-order valence-electron chi connectivity index (χ4n) is 1.76. The van der Waals surface area contributed by atoms with Crippen molar-refractivity contribution in [3.05, 3.63) is 30.0 Å². The fourth-order valence-corrected chi connectivity index (χ4v) is 1.76. The SMILES string of the molecule is CC(CO)c1cccc2cnn(C)c12. The summed E-state index contributed by atoms with van der Waals surface area (Å²) in [4.78, 5) is 0. The number of hydrogen-bond acceptors (Lipinski definition) is 2. The van der Waals surface area contributed by atoms with Crippen molar-refractivity contribution in [3.63, 3.8) is 0 Å². The molecule has 1 unspecified atom stereocenters. The third kappa shape index (κ3) is 1.30. The van der Waals surface area contributed by atoms with Gasteiger partial charge in [-0.3, -0.25) is 4.68 Å². The van der Waals surface area contributed by atoms with Gasteiger partial charge in [-0.05, 0) is 5.56 Å². The molecule has 3 heteroatoms. The summed E-state index contributed by atoms with van der Waals surface area (Å²) in [5.74, 6) is 0.161. The highest BCUT2D eigenvalue weighted by Crippen LogP contribution is 2.24. The smallest absolute Gasteiger partial charge is 0.0714 e. The Morgan fingerprint density at radius 2 is 2.29 bits per heavy atom. The quantitative estimate of drug-likeness (QED) is 0.782. The van der Waals surface area contributed by atoms with Gasteiger partial charge in [0.25, 0.3) is 0 Å². The molecule has 0 aliphatic heterocycles. The van der Waals surface area contributed by atoms with Gasteiger partial charge in [0.1, 0.15) is 0 Å². The minimum absolute atomic E-state index is 0.161. The largest absolute Gasteiger partial charge is 0.396 e. The molecule has 1 N–H and O–H groups in total. The Bertz CT molecular complexity index is 447. The fraction of sp³-hybridized carbons (Fsp3) is 0.364. The molecule has 1 aromatic carbocycles. The van der Waals surface area contributed by atoms with Crippen molar-refractivity contribution in [1.82, 2.24) is 9.78 Å². The van der Waals surface area contributed by atoms with Gasteiger partial charge in [0.05, 0.1) is 11.7 Å². The summed E-state index contributed by atoms with van der Waals surface area (Å²) in [6.07, 6.45) is 1.85. The van der Waals surface area contributed by atoms with Crippen molar-refractivity contribution in [3.8, 4) is 0 Å². The van der Waals surface area contributed by atoms with Crippen LogP contribution in [0.15, 0.2) is 24.4 Å². The van der Waals surface area contributed by atoms with E-state index in [-0.39, 0.29) is 12.5 Å². The number of fused-ring (bicyclic) bond motifs is 1. The van der Waals surface area contributed by atoms with Gasteiger partial charge in [-0.15, -0.1) is 0 Å². The molecule has 0 saturated heterocycles. The van der Waals surface area contributed by atoms with E-state index in [0.717, 1.165) is 16.5 Å². The monoisotopic (exact) mass is 190 g/mol. The molecule has 14 heavy (non-hydrogen) atoms. The number of aryl methyl sites for hydroxylation is 1. The molecule has 0 aliphatic carbocycles. The van der Waals surface area contributed by atoms with E-state index >= 15 is 0 Å². The van der Waals surface area contributed by atoms with Crippen molar-refractivity contribution in [2.45, 2.75) is 12.8 Å². The third-order valence-corrected chi connectivity index (χ3v) is 2.60. The van der Waals surface area contributed by atoms with E-state index in [1.54, 1.807) is 0 Å². The summed E-state index contributed by atoms with van der Waals surface area (Å²) in [5, 5.41) is 14.5. The van der Waals surface area contributed by atoms with E-state index in [4.69, 9.17) is 5.11 Å². The third-order valence-electron chi connectivity index (χ3n) is 2.60. The van der Waals surface area contributed by atoms with E-state index in [2.05, 4.69) is 5.10 Å². The van der Waals surface area contributed by atoms with Crippen molar-refractivity contribution in [1.29, 1.82) is 0 Å². The van der Waals surface area contributed by atoms with Crippen molar-refractivity contribution < 1.29 is 5.11 Å². The van der Waals surface area contributed by atoms with Gasteiger partial charge >= 0.3 is 0 Å². The number of benzene rings is 1. The van der Waals surface area contributed by atoms with E-state index in [1.807, 2.05) is 43.0 Å². The first-order chi connectivity index (χ1) is 6.74. The zero-order valence-corrected chi connectivity index (χ0v) is 8.44. The molecule has 0 saturated carbocycles. The lowest BCUT2D eigenvalue weighted by atomic mass is 10.00. The molecular weight excluding hydrogens is 176 g/mol. The van der Waals surface area contributed by atoms with Crippen LogP contribution in [0.5, 0.6) is 0 Å². The van der Waals surface area contributed by atoms with Gasteiger partial charge < -0.3 is 5.11 Å². The molecule has 3 nitrogen and oxygen atoms in total. The molecule has 2 rings (SSSR count). The average molecular weight is 190 g/mol. The first-order valence-electron chi connectivity index (χ1n) is 4.75. The van der Waals surface area contributed by atoms with Crippen LogP contribution < -0.4 is 0 Å². The standard InChI is InChI=1S/C11H14N2O/c1-8(7-14)10-5-3-4-9-6-12-13(2)11(9)10/h3-6,8,14H,7H2,1-2H3. The first kappa shape index (κ1) is 9.21. The van der Waals surface area contributed by atoms with E-state index in [1.165, 1.54) is 0 Å². The maximum absolute atomic E-state index is 9.15. The number of aliphatic hydroxyl groups is 1. The maximum Gasteiger partial charge on any atom is 0.0714 e. The van der Waals surface area contributed by atoms with Crippen LogP contribution in [0.25, 0.3) is 10.9 Å². The highest BCUT2D eigenvalue weighted by atomic mass is 16.3. The van der Waals surface area contributed by atoms with Gasteiger partial charge in [0.15, 0.2) is 0 Å². The van der Waals surface area contributed by atoms with Crippen LogP contribution in [0, 0.1) is 0 Å². The summed E-state index contributed by atoms with van der Waals surface area (Å²) in [6, 6.07) is 6.09. The van der Waals surface area contributed by atoms with Crippen LogP contribution in [0.3, 0.4) is 0 Å². The summed E-state index contributed by atoms with van der Waals surface area (Å²) in [7, 11) is 1.93. The van der Waals surface area contributed by atoms with Crippen molar-refractivity contribution in [2.75, 3.05) is 6.61 Å². The second-order valence-corrected chi connectivity index (χ2v) is 3.64. The zero-order chi connectivity index (χ0) is 10.1.